The van der Waals surface area contributed by atoms with Crippen molar-refractivity contribution in [2.45, 2.75) is 45.8 Å². The van der Waals surface area contributed by atoms with Crippen LogP contribution in [0.25, 0.3) is 0 Å². The van der Waals surface area contributed by atoms with Gasteiger partial charge in [0, 0.05) is 5.56 Å². The molecule has 1 rings (SSSR count). The lowest BCUT2D eigenvalue weighted by molar-refractivity contribution is 0.0501. The first-order valence-electron chi connectivity index (χ1n) is 6.18. The zero-order chi connectivity index (χ0) is 14.6. The summed E-state index contributed by atoms with van der Waals surface area (Å²) in [6.45, 7) is 7.16. The predicted molar refractivity (Wildman–Crippen MR) is 73.8 cm³/mol. The predicted octanol–water partition coefficient (Wildman–Crippen LogP) is 4.45. The van der Waals surface area contributed by atoms with E-state index in [9.17, 15) is 9.18 Å². The largest absolute Gasteiger partial charge is 0.444 e. The van der Waals surface area contributed by atoms with Crippen molar-refractivity contribution in [3.8, 4) is 0 Å². The van der Waals surface area contributed by atoms with Crippen molar-refractivity contribution in [3.05, 3.63) is 34.6 Å². The van der Waals surface area contributed by atoms with E-state index in [-0.39, 0.29) is 5.02 Å². The molecule has 106 valence electrons. The molecule has 0 aliphatic carbocycles. The standard InChI is InChI=1S/C14H19ClFNO2/c1-5-11(17-13(18)19-14(2,3)4)9-7-6-8-10(15)12(9)16/h6-8,11H,5H2,1-4H3,(H,17,18)/t11-/m0/s1. The third kappa shape index (κ3) is 4.71. The number of amides is 1. The summed E-state index contributed by atoms with van der Waals surface area (Å²) in [5, 5.41) is 2.69. The molecular formula is C14H19ClFNO2. The fraction of sp³-hybridized carbons (Fsp3) is 0.500. The molecule has 0 aliphatic heterocycles. The zero-order valence-corrected chi connectivity index (χ0v) is 12.3. The van der Waals surface area contributed by atoms with Gasteiger partial charge in [0.05, 0.1) is 11.1 Å². The molecule has 1 N–H and O–H groups in total. The van der Waals surface area contributed by atoms with E-state index >= 15 is 0 Å². The van der Waals surface area contributed by atoms with Gasteiger partial charge in [-0.2, -0.15) is 0 Å². The minimum atomic E-state index is -0.588. The number of hydrogen-bond acceptors (Lipinski definition) is 2. The Hall–Kier alpha value is -1.29. The highest BCUT2D eigenvalue weighted by atomic mass is 35.5. The summed E-state index contributed by atoms with van der Waals surface area (Å²) in [6.07, 6.45) is -0.0324. The topological polar surface area (TPSA) is 38.3 Å². The molecule has 0 saturated carbocycles. The van der Waals surface area contributed by atoms with Gasteiger partial charge < -0.3 is 10.1 Å². The Morgan fingerprint density at radius 2 is 2.11 bits per heavy atom. The van der Waals surface area contributed by atoms with E-state index in [1.807, 2.05) is 6.92 Å². The van der Waals surface area contributed by atoms with Crippen LogP contribution < -0.4 is 5.32 Å². The number of carbonyl (C=O) groups is 1. The first-order chi connectivity index (χ1) is 8.74. The molecule has 3 nitrogen and oxygen atoms in total. The van der Waals surface area contributed by atoms with Gasteiger partial charge in [0.15, 0.2) is 0 Å². The van der Waals surface area contributed by atoms with E-state index in [1.165, 1.54) is 6.07 Å². The first-order valence-corrected chi connectivity index (χ1v) is 6.56. The molecule has 0 aliphatic rings. The van der Waals surface area contributed by atoms with Crippen LogP contribution in [0.2, 0.25) is 5.02 Å². The molecule has 0 bridgehead atoms. The maximum Gasteiger partial charge on any atom is 0.408 e. The van der Waals surface area contributed by atoms with Crippen molar-refractivity contribution >= 4 is 17.7 Å². The van der Waals surface area contributed by atoms with Gasteiger partial charge in [0.25, 0.3) is 0 Å². The van der Waals surface area contributed by atoms with Gasteiger partial charge in [-0.15, -0.1) is 0 Å². The highest BCUT2D eigenvalue weighted by Crippen LogP contribution is 2.25. The lowest BCUT2D eigenvalue weighted by Gasteiger charge is -2.23. The highest BCUT2D eigenvalue weighted by molar-refractivity contribution is 6.30. The van der Waals surface area contributed by atoms with E-state index in [0.717, 1.165) is 0 Å². The second-order valence-corrected chi connectivity index (χ2v) is 5.66. The lowest BCUT2D eigenvalue weighted by atomic mass is 10.0. The Labute approximate surface area is 118 Å². The molecule has 0 spiro atoms. The molecule has 0 radical (unpaired) electrons. The number of hydrogen-bond donors (Lipinski definition) is 1. The van der Waals surface area contributed by atoms with Crippen LogP contribution in [0.3, 0.4) is 0 Å². The number of ether oxygens (including phenoxy) is 1. The van der Waals surface area contributed by atoms with Gasteiger partial charge >= 0.3 is 6.09 Å². The van der Waals surface area contributed by atoms with Crippen LogP contribution >= 0.6 is 11.6 Å². The third-order valence-electron chi connectivity index (χ3n) is 2.46. The summed E-state index contributed by atoms with van der Waals surface area (Å²) in [5.74, 6) is -0.507. The van der Waals surface area contributed by atoms with Crippen LogP contribution in [0.5, 0.6) is 0 Å². The van der Waals surface area contributed by atoms with Crippen LogP contribution in [-0.2, 0) is 4.74 Å². The van der Waals surface area contributed by atoms with Gasteiger partial charge in [-0.25, -0.2) is 9.18 Å². The number of alkyl carbamates (subject to hydrolysis) is 1. The highest BCUT2D eigenvalue weighted by Gasteiger charge is 2.22. The second kappa shape index (κ2) is 6.24. The van der Waals surface area contributed by atoms with E-state index in [4.69, 9.17) is 16.3 Å². The molecule has 0 saturated heterocycles. The quantitative estimate of drug-likeness (QED) is 0.891. The fourth-order valence-corrected chi connectivity index (χ4v) is 1.82. The van der Waals surface area contributed by atoms with E-state index in [0.29, 0.717) is 12.0 Å². The van der Waals surface area contributed by atoms with Gasteiger partial charge in [0.2, 0.25) is 0 Å². The average Bonchev–Trinajstić information content (AvgIpc) is 2.27. The van der Waals surface area contributed by atoms with Crippen molar-refractivity contribution < 1.29 is 13.9 Å². The smallest absolute Gasteiger partial charge is 0.408 e. The molecular weight excluding hydrogens is 269 g/mol. The fourth-order valence-electron chi connectivity index (χ4n) is 1.64. The Morgan fingerprint density at radius 1 is 1.47 bits per heavy atom. The summed E-state index contributed by atoms with van der Waals surface area (Å²) in [6, 6.07) is 4.27. The Balaban J connectivity index is 2.84. The third-order valence-corrected chi connectivity index (χ3v) is 2.75. The summed E-state index contributed by atoms with van der Waals surface area (Å²) < 4.78 is 19.1. The van der Waals surface area contributed by atoms with E-state index in [2.05, 4.69) is 5.32 Å². The number of benzene rings is 1. The van der Waals surface area contributed by atoms with Crippen molar-refractivity contribution in [2.24, 2.45) is 0 Å². The lowest BCUT2D eigenvalue weighted by Crippen LogP contribution is -2.35. The molecule has 1 aromatic carbocycles. The average molecular weight is 288 g/mol. The molecule has 0 fully saturated rings. The minimum absolute atomic E-state index is 0.0435. The molecule has 19 heavy (non-hydrogen) atoms. The number of rotatable bonds is 3. The van der Waals surface area contributed by atoms with Gasteiger partial charge in [-0.05, 0) is 33.3 Å². The van der Waals surface area contributed by atoms with Gasteiger partial charge in [0.1, 0.15) is 11.4 Å². The maximum absolute atomic E-state index is 13.9. The molecule has 5 heteroatoms. The normalized spacial score (nSPS) is 12.9. The molecule has 1 aromatic rings. The maximum atomic E-state index is 13.9. The van der Waals surface area contributed by atoms with Crippen molar-refractivity contribution in [2.75, 3.05) is 0 Å². The van der Waals surface area contributed by atoms with Crippen LogP contribution in [0.4, 0.5) is 9.18 Å². The zero-order valence-electron chi connectivity index (χ0n) is 11.6. The SMILES string of the molecule is CC[C@H](NC(=O)OC(C)(C)C)c1cccc(Cl)c1F. The summed E-state index contributed by atoms with van der Waals surface area (Å²) in [4.78, 5) is 11.7. The Bertz CT molecular complexity index is 457. The molecule has 1 atom stereocenters. The van der Waals surface area contributed by atoms with Gasteiger partial charge in [-0.3, -0.25) is 0 Å². The molecule has 1 amide bonds. The molecule has 0 unspecified atom stereocenters. The Kier molecular flexibility index (Phi) is 5.18. The van der Waals surface area contributed by atoms with Crippen LogP contribution in [-0.4, -0.2) is 11.7 Å². The summed E-state index contributed by atoms with van der Waals surface area (Å²) in [7, 11) is 0. The first kappa shape index (κ1) is 15.8. The van der Waals surface area contributed by atoms with E-state index < -0.39 is 23.6 Å². The van der Waals surface area contributed by atoms with Crippen LogP contribution in [0, 0.1) is 5.82 Å². The number of carbonyl (C=O) groups excluding carboxylic acids is 1. The summed E-state index contributed by atoms with van der Waals surface area (Å²) >= 11 is 5.74. The van der Waals surface area contributed by atoms with Crippen LogP contribution in [0.15, 0.2) is 18.2 Å². The Morgan fingerprint density at radius 3 is 2.63 bits per heavy atom. The van der Waals surface area contributed by atoms with Crippen molar-refractivity contribution in [3.63, 3.8) is 0 Å². The summed E-state index contributed by atoms with van der Waals surface area (Å²) in [5.41, 5.74) is -0.226. The molecule has 0 aromatic heterocycles. The molecule has 0 heterocycles. The monoisotopic (exact) mass is 287 g/mol. The number of halogens is 2. The van der Waals surface area contributed by atoms with Crippen LogP contribution in [0.1, 0.15) is 45.7 Å². The van der Waals surface area contributed by atoms with E-state index in [1.54, 1.807) is 32.9 Å². The van der Waals surface area contributed by atoms with Crippen molar-refractivity contribution in [1.29, 1.82) is 0 Å². The van der Waals surface area contributed by atoms with Crippen molar-refractivity contribution in [1.82, 2.24) is 5.32 Å². The minimum Gasteiger partial charge on any atom is -0.444 e. The second-order valence-electron chi connectivity index (χ2n) is 5.25. The number of nitrogens with one attached hydrogen (secondary N) is 1. The van der Waals surface area contributed by atoms with Gasteiger partial charge in [-0.1, -0.05) is 30.7 Å².